The van der Waals surface area contributed by atoms with Gasteiger partial charge in [-0.1, -0.05) is 19.8 Å². The van der Waals surface area contributed by atoms with Gasteiger partial charge in [-0.05, 0) is 24.3 Å². The second-order valence-electron chi connectivity index (χ2n) is 5.16. The van der Waals surface area contributed by atoms with Gasteiger partial charge in [0.15, 0.2) is 0 Å². The fourth-order valence-electron chi connectivity index (χ4n) is 2.39. The van der Waals surface area contributed by atoms with E-state index in [4.69, 9.17) is 5.73 Å². The van der Waals surface area contributed by atoms with E-state index in [1.807, 2.05) is 0 Å². The van der Waals surface area contributed by atoms with E-state index in [-0.39, 0.29) is 23.7 Å². The molecule has 1 aromatic heterocycles. The van der Waals surface area contributed by atoms with Gasteiger partial charge in [0.1, 0.15) is 0 Å². The van der Waals surface area contributed by atoms with Crippen LogP contribution in [0.25, 0.3) is 0 Å². The molecule has 0 saturated heterocycles. The van der Waals surface area contributed by atoms with Crippen LogP contribution in [0.2, 0.25) is 0 Å². The van der Waals surface area contributed by atoms with Crippen LogP contribution < -0.4 is 11.1 Å². The molecule has 0 aromatic carbocycles. The zero-order chi connectivity index (χ0) is 12.3. The summed E-state index contributed by atoms with van der Waals surface area (Å²) in [5.74, 6) is -0.122. The number of nitrogens with one attached hydrogen (secondary N) is 1. The van der Waals surface area contributed by atoms with Crippen LogP contribution in [0.5, 0.6) is 0 Å². The Morgan fingerprint density at radius 1 is 1.50 bits per heavy atom. The highest BCUT2D eigenvalue weighted by atomic mass is 35.5. The van der Waals surface area contributed by atoms with Gasteiger partial charge in [0.05, 0.1) is 5.56 Å². The van der Waals surface area contributed by atoms with Crippen molar-refractivity contribution >= 4 is 24.0 Å². The minimum atomic E-state index is -0.122. The Kier molecular flexibility index (Phi) is 4.96. The van der Waals surface area contributed by atoms with Gasteiger partial charge >= 0.3 is 0 Å². The third kappa shape index (κ3) is 3.35. The standard InChI is InChI=1S/C13H19N3O.ClH/c1-13(5-2-3-6-13)9-16-12(17)10-8-15-7-4-11(10)14;/h4,7-8H,2-3,5-6,9H2,1H3,(H2,14,15)(H,16,17);1H. The van der Waals surface area contributed by atoms with Crippen molar-refractivity contribution in [1.82, 2.24) is 10.3 Å². The summed E-state index contributed by atoms with van der Waals surface area (Å²) in [5.41, 5.74) is 6.94. The molecular formula is C13H20ClN3O. The number of aromatic nitrogens is 1. The Labute approximate surface area is 114 Å². The van der Waals surface area contributed by atoms with E-state index in [0.717, 1.165) is 6.54 Å². The maximum Gasteiger partial charge on any atom is 0.254 e. The fraction of sp³-hybridized carbons (Fsp3) is 0.538. The third-order valence-corrected chi connectivity index (χ3v) is 3.59. The molecule has 0 atom stereocenters. The number of nitrogens with two attached hydrogens (primary N) is 1. The normalized spacial score (nSPS) is 16.9. The van der Waals surface area contributed by atoms with Crippen molar-refractivity contribution in [3.05, 3.63) is 24.0 Å². The number of carbonyl (C=O) groups is 1. The first kappa shape index (κ1) is 14.8. The minimum Gasteiger partial charge on any atom is -0.398 e. The van der Waals surface area contributed by atoms with Crippen LogP contribution in [0.15, 0.2) is 18.5 Å². The number of rotatable bonds is 3. The van der Waals surface area contributed by atoms with Gasteiger partial charge in [-0.15, -0.1) is 12.4 Å². The number of hydrogen-bond acceptors (Lipinski definition) is 3. The van der Waals surface area contributed by atoms with Crippen molar-refractivity contribution in [1.29, 1.82) is 0 Å². The van der Waals surface area contributed by atoms with Gasteiger partial charge < -0.3 is 11.1 Å². The Balaban J connectivity index is 0.00000162. The van der Waals surface area contributed by atoms with Gasteiger partial charge in [0.25, 0.3) is 5.91 Å². The number of nitrogen functional groups attached to an aromatic ring is 1. The molecule has 0 radical (unpaired) electrons. The van der Waals surface area contributed by atoms with Gasteiger partial charge in [0.2, 0.25) is 0 Å². The molecular weight excluding hydrogens is 250 g/mol. The zero-order valence-corrected chi connectivity index (χ0v) is 11.4. The Hall–Kier alpha value is -1.29. The molecule has 0 aliphatic heterocycles. The number of carbonyl (C=O) groups excluding carboxylic acids is 1. The molecule has 1 amide bonds. The van der Waals surface area contributed by atoms with Gasteiger partial charge in [-0.3, -0.25) is 9.78 Å². The van der Waals surface area contributed by atoms with Crippen molar-refractivity contribution in [2.24, 2.45) is 5.41 Å². The van der Waals surface area contributed by atoms with E-state index in [2.05, 4.69) is 17.2 Å². The van der Waals surface area contributed by atoms with E-state index in [1.54, 1.807) is 12.3 Å². The molecule has 100 valence electrons. The molecule has 1 aromatic rings. The summed E-state index contributed by atoms with van der Waals surface area (Å²) in [4.78, 5) is 15.9. The lowest BCUT2D eigenvalue weighted by Crippen LogP contribution is -2.34. The fourth-order valence-corrected chi connectivity index (χ4v) is 2.39. The number of hydrogen-bond donors (Lipinski definition) is 2. The molecule has 0 bridgehead atoms. The largest absolute Gasteiger partial charge is 0.398 e. The third-order valence-electron chi connectivity index (χ3n) is 3.59. The van der Waals surface area contributed by atoms with Crippen molar-refractivity contribution < 1.29 is 4.79 Å². The molecule has 0 spiro atoms. The molecule has 3 N–H and O–H groups in total. The summed E-state index contributed by atoms with van der Waals surface area (Å²) in [6.07, 6.45) is 8.01. The number of pyridine rings is 1. The average molecular weight is 270 g/mol. The van der Waals surface area contributed by atoms with E-state index in [1.165, 1.54) is 31.9 Å². The summed E-state index contributed by atoms with van der Waals surface area (Å²) in [6.45, 7) is 2.95. The molecule has 1 fully saturated rings. The Morgan fingerprint density at radius 2 is 2.17 bits per heavy atom. The molecule has 2 rings (SSSR count). The lowest BCUT2D eigenvalue weighted by Gasteiger charge is -2.23. The summed E-state index contributed by atoms with van der Waals surface area (Å²) in [6, 6.07) is 1.65. The summed E-state index contributed by atoms with van der Waals surface area (Å²) >= 11 is 0. The van der Waals surface area contributed by atoms with Crippen molar-refractivity contribution in [2.75, 3.05) is 12.3 Å². The molecule has 1 aliphatic rings. The van der Waals surface area contributed by atoms with E-state index < -0.39 is 0 Å². The molecule has 1 heterocycles. The Morgan fingerprint density at radius 3 is 2.78 bits per heavy atom. The molecule has 0 unspecified atom stereocenters. The second-order valence-corrected chi connectivity index (χ2v) is 5.16. The lowest BCUT2D eigenvalue weighted by atomic mass is 9.89. The number of anilines is 1. The minimum absolute atomic E-state index is 0. The van der Waals surface area contributed by atoms with Gasteiger partial charge in [-0.2, -0.15) is 0 Å². The topological polar surface area (TPSA) is 68.0 Å². The van der Waals surface area contributed by atoms with Crippen LogP contribution in [0.3, 0.4) is 0 Å². The van der Waals surface area contributed by atoms with Crippen LogP contribution in [-0.4, -0.2) is 17.4 Å². The molecule has 5 heteroatoms. The highest BCUT2D eigenvalue weighted by Crippen LogP contribution is 2.36. The van der Waals surface area contributed by atoms with Crippen LogP contribution in [0.1, 0.15) is 43.0 Å². The highest BCUT2D eigenvalue weighted by Gasteiger charge is 2.29. The van der Waals surface area contributed by atoms with Gasteiger partial charge in [0, 0.05) is 24.6 Å². The van der Waals surface area contributed by atoms with E-state index in [9.17, 15) is 4.79 Å². The van der Waals surface area contributed by atoms with Crippen molar-refractivity contribution in [2.45, 2.75) is 32.6 Å². The maximum atomic E-state index is 11.9. The average Bonchev–Trinajstić information content (AvgIpc) is 2.74. The second kappa shape index (κ2) is 6.05. The van der Waals surface area contributed by atoms with Crippen LogP contribution >= 0.6 is 12.4 Å². The van der Waals surface area contributed by atoms with E-state index in [0.29, 0.717) is 11.3 Å². The zero-order valence-electron chi connectivity index (χ0n) is 10.6. The first-order chi connectivity index (χ1) is 8.11. The van der Waals surface area contributed by atoms with Crippen LogP contribution in [0, 0.1) is 5.41 Å². The number of halogens is 1. The van der Waals surface area contributed by atoms with Crippen molar-refractivity contribution in [3.8, 4) is 0 Å². The smallest absolute Gasteiger partial charge is 0.254 e. The molecule has 1 saturated carbocycles. The highest BCUT2D eigenvalue weighted by molar-refractivity contribution is 5.98. The number of amides is 1. The van der Waals surface area contributed by atoms with Crippen LogP contribution in [-0.2, 0) is 0 Å². The first-order valence-electron chi connectivity index (χ1n) is 6.08. The predicted octanol–water partition coefficient (Wildman–Crippen LogP) is 2.40. The summed E-state index contributed by atoms with van der Waals surface area (Å²) < 4.78 is 0. The van der Waals surface area contributed by atoms with Crippen LogP contribution in [0.4, 0.5) is 5.69 Å². The van der Waals surface area contributed by atoms with E-state index >= 15 is 0 Å². The first-order valence-corrected chi connectivity index (χ1v) is 6.08. The SMILES string of the molecule is CC1(CNC(=O)c2cnccc2N)CCCC1.Cl. The molecule has 4 nitrogen and oxygen atoms in total. The molecule has 18 heavy (non-hydrogen) atoms. The predicted molar refractivity (Wildman–Crippen MR) is 74.8 cm³/mol. The quantitative estimate of drug-likeness (QED) is 0.885. The van der Waals surface area contributed by atoms with Gasteiger partial charge in [-0.25, -0.2) is 0 Å². The van der Waals surface area contributed by atoms with Crippen molar-refractivity contribution in [3.63, 3.8) is 0 Å². The maximum absolute atomic E-state index is 11.9. The summed E-state index contributed by atoms with van der Waals surface area (Å²) in [7, 11) is 0. The monoisotopic (exact) mass is 269 g/mol. The lowest BCUT2D eigenvalue weighted by molar-refractivity contribution is 0.0935. The summed E-state index contributed by atoms with van der Waals surface area (Å²) in [5, 5.41) is 2.96. The Bertz CT molecular complexity index is 416. The number of nitrogens with zero attached hydrogens (tertiary/aromatic N) is 1. The molecule has 1 aliphatic carbocycles.